The van der Waals surface area contributed by atoms with Gasteiger partial charge in [0, 0.05) is 5.56 Å². The zero-order chi connectivity index (χ0) is 15.7. The average molecular weight is 321 g/mol. The molecule has 1 aromatic rings. The Kier molecular flexibility index (Phi) is 4.04. The number of halogens is 3. The summed E-state index contributed by atoms with van der Waals surface area (Å²) in [5.41, 5.74) is 0.210. The molecule has 8 heteroatoms. The summed E-state index contributed by atoms with van der Waals surface area (Å²) in [6.45, 7) is 1.55. The van der Waals surface area contributed by atoms with Crippen LogP contribution in [0.15, 0.2) is 18.2 Å². The van der Waals surface area contributed by atoms with Gasteiger partial charge in [-0.2, -0.15) is 8.78 Å². The number of benzene rings is 1. The van der Waals surface area contributed by atoms with Gasteiger partial charge in [0.25, 0.3) is 0 Å². The van der Waals surface area contributed by atoms with E-state index in [9.17, 15) is 18.4 Å². The first-order chi connectivity index (χ1) is 9.81. The van der Waals surface area contributed by atoms with Crippen LogP contribution in [-0.4, -0.2) is 30.0 Å². The lowest BCUT2D eigenvalue weighted by atomic mass is 10.2. The maximum Gasteiger partial charge on any atom is 0.397 e. The van der Waals surface area contributed by atoms with Crippen molar-refractivity contribution in [1.29, 1.82) is 0 Å². The fraction of sp³-hybridized carbons (Fsp3) is 0.385. The van der Waals surface area contributed by atoms with E-state index in [-0.39, 0.29) is 23.7 Å². The maximum atomic E-state index is 13.7. The normalized spacial score (nSPS) is 20.2. The Morgan fingerprint density at radius 1 is 1.43 bits per heavy atom. The number of carbonyl (C=O) groups is 2. The summed E-state index contributed by atoms with van der Waals surface area (Å²) in [4.78, 5) is 22.2. The second-order valence-electron chi connectivity index (χ2n) is 4.26. The van der Waals surface area contributed by atoms with Crippen molar-refractivity contribution in [3.8, 4) is 11.5 Å². The second kappa shape index (κ2) is 5.48. The van der Waals surface area contributed by atoms with Crippen LogP contribution in [0.1, 0.15) is 23.7 Å². The lowest BCUT2D eigenvalue weighted by Crippen LogP contribution is -2.53. The lowest BCUT2D eigenvalue weighted by Gasteiger charge is -2.30. The van der Waals surface area contributed by atoms with Gasteiger partial charge in [0.05, 0.1) is 6.61 Å². The minimum atomic E-state index is -3.99. The van der Waals surface area contributed by atoms with Gasteiger partial charge in [0.2, 0.25) is 0 Å². The molecule has 21 heavy (non-hydrogen) atoms. The van der Waals surface area contributed by atoms with Crippen molar-refractivity contribution in [2.45, 2.75) is 24.5 Å². The van der Waals surface area contributed by atoms with Crippen LogP contribution in [0.3, 0.4) is 0 Å². The van der Waals surface area contributed by atoms with Crippen LogP contribution in [0.5, 0.6) is 11.5 Å². The molecule has 0 saturated carbocycles. The number of ether oxygens (including phenoxy) is 3. The van der Waals surface area contributed by atoms with Crippen molar-refractivity contribution in [3.63, 3.8) is 0 Å². The first-order valence-corrected chi connectivity index (χ1v) is 6.38. The van der Waals surface area contributed by atoms with Crippen molar-refractivity contribution in [2.75, 3.05) is 6.61 Å². The van der Waals surface area contributed by atoms with Crippen molar-refractivity contribution in [1.82, 2.24) is 0 Å². The topological polar surface area (TPSA) is 61.8 Å². The summed E-state index contributed by atoms with van der Waals surface area (Å²) in [5, 5.41) is -3.99. The Balaban J connectivity index is 2.33. The van der Waals surface area contributed by atoms with Gasteiger partial charge in [0.15, 0.2) is 11.5 Å². The predicted molar refractivity (Wildman–Crippen MR) is 67.9 cm³/mol. The summed E-state index contributed by atoms with van der Waals surface area (Å²) < 4.78 is 42.1. The van der Waals surface area contributed by atoms with Gasteiger partial charge in [-0.1, -0.05) is 0 Å². The minimum Gasteiger partial charge on any atom is -0.466 e. The zero-order valence-electron chi connectivity index (χ0n) is 10.9. The molecule has 0 amide bonds. The number of carbonyl (C=O) groups excluding carboxylic acids is 2. The van der Waals surface area contributed by atoms with Gasteiger partial charge in [-0.05, 0) is 36.7 Å². The summed E-state index contributed by atoms with van der Waals surface area (Å²) in [7, 11) is 0. The molecule has 1 atom stereocenters. The highest BCUT2D eigenvalue weighted by atomic mass is 35.5. The fourth-order valence-corrected chi connectivity index (χ4v) is 1.97. The predicted octanol–water partition coefficient (Wildman–Crippen LogP) is 2.75. The third-order valence-corrected chi connectivity index (χ3v) is 3.06. The third kappa shape index (κ3) is 2.92. The molecule has 1 aliphatic rings. The summed E-state index contributed by atoms with van der Waals surface area (Å²) in [6, 6.07) is 3.87. The largest absolute Gasteiger partial charge is 0.466 e. The highest BCUT2D eigenvalue weighted by Gasteiger charge is 2.62. The van der Waals surface area contributed by atoms with E-state index < -0.39 is 23.6 Å². The molecular weight excluding hydrogens is 310 g/mol. The molecule has 0 aromatic heterocycles. The molecule has 0 spiro atoms. The number of alkyl halides is 3. The van der Waals surface area contributed by atoms with Gasteiger partial charge in [-0.3, -0.25) is 9.59 Å². The lowest BCUT2D eigenvalue weighted by molar-refractivity contribution is -0.213. The molecule has 0 radical (unpaired) electrons. The summed E-state index contributed by atoms with van der Waals surface area (Å²) >= 11 is 5.04. The quantitative estimate of drug-likeness (QED) is 0.474. The van der Waals surface area contributed by atoms with Gasteiger partial charge in [-0.15, -0.1) is 0 Å². The molecule has 5 nitrogen and oxygen atoms in total. The van der Waals surface area contributed by atoms with Gasteiger partial charge in [0.1, 0.15) is 12.7 Å². The molecule has 0 unspecified atom stereocenters. The van der Waals surface area contributed by atoms with Crippen molar-refractivity contribution < 1.29 is 32.6 Å². The van der Waals surface area contributed by atoms with Crippen LogP contribution < -0.4 is 9.47 Å². The third-order valence-electron chi connectivity index (χ3n) is 2.77. The number of hydrogen-bond donors (Lipinski definition) is 0. The highest BCUT2D eigenvalue weighted by Crippen LogP contribution is 2.49. The molecule has 0 fully saturated rings. The number of rotatable bonds is 5. The number of fused-ring (bicyclic) bond motifs is 1. The maximum absolute atomic E-state index is 13.7. The van der Waals surface area contributed by atoms with Crippen LogP contribution in [0.2, 0.25) is 0 Å². The molecule has 0 bridgehead atoms. The SMILES string of the molecule is CCOC(=O)C[C@@]1(C(F)(F)Cl)Oc2ccc(C=O)cc2O1. The Bertz CT molecular complexity index is 572. The molecule has 0 saturated heterocycles. The number of aldehydes is 1. The molecule has 1 aromatic carbocycles. The average Bonchev–Trinajstić information content (AvgIpc) is 2.76. The smallest absolute Gasteiger partial charge is 0.397 e. The molecule has 1 aliphatic heterocycles. The zero-order valence-corrected chi connectivity index (χ0v) is 11.7. The van der Waals surface area contributed by atoms with Crippen molar-refractivity contribution in [2.24, 2.45) is 0 Å². The Morgan fingerprint density at radius 2 is 2.10 bits per heavy atom. The molecule has 2 rings (SSSR count). The standard InChI is InChI=1S/C13H11ClF2O5/c1-2-19-11(18)6-12(13(14,15)16)20-9-4-3-8(7-17)5-10(9)21-12/h3-5,7H,2,6H2,1H3/t12-/m1/s1. The monoisotopic (exact) mass is 320 g/mol. The van der Waals surface area contributed by atoms with Gasteiger partial charge >= 0.3 is 17.1 Å². The second-order valence-corrected chi connectivity index (χ2v) is 4.74. The number of hydrogen-bond acceptors (Lipinski definition) is 5. The number of esters is 1. The van der Waals surface area contributed by atoms with E-state index in [0.29, 0.717) is 6.29 Å². The van der Waals surface area contributed by atoms with Crippen LogP contribution in [0.25, 0.3) is 0 Å². The minimum absolute atomic E-state index is 0.0189. The van der Waals surface area contributed by atoms with Gasteiger partial charge in [-0.25, -0.2) is 0 Å². The molecule has 0 N–H and O–H groups in total. The van der Waals surface area contributed by atoms with E-state index in [2.05, 4.69) is 4.74 Å². The highest BCUT2D eigenvalue weighted by molar-refractivity contribution is 6.22. The Hall–Kier alpha value is -1.89. The van der Waals surface area contributed by atoms with E-state index in [0.717, 1.165) is 0 Å². The Morgan fingerprint density at radius 3 is 2.67 bits per heavy atom. The fourth-order valence-electron chi connectivity index (χ4n) is 1.83. The van der Waals surface area contributed by atoms with Crippen molar-refractivity contribution >= 4 is 23.9 Å². The molecule has 1 heterocycles. The summed E-state index contributed by atoms with van der Waals surface area (Å²) in [5.74, 6) is -3.78. The van der Waals surface area contributed by atoms with E-state index in [1.54, 1.807) is 0 Å². The van der Waals surface area contributed by atoms with Crippen LogP contribution in [0, 0.1) is 0 Å². The van der Waals surface area contributed by atoms with Crippen molar-refractivity contribution in [3.05, 3.63) is 23.8 Å². The molecule has 114 valence electrons. The Labute approximate surface area is 123 Å². The van der Waals surface area contributed by atoms with Gasteiger partial charge < -0.3 is 14.2 Å². The first kappa shape index (κ1) is 15.5. The molecular formula is C13H11ClF2O5. The van der Waals surface area contributed by atoms with E-state index in [1.807, 2.05) is 0 Å². The van der Waals surface area contributed by atoms with Crippen LogP contribution in [-0.2, 0) is 9.53 Å². The molecule has 0 aliphatic carbocycles. The van der Waals surface area contributed by atoms with E-state index in [1.165, 1.54) is 25.1 Å². The first-order valence-electron chi connectivity index (χ1n) is 6.01. The van der Waals surface area contributed by atoms with Crippen LogP contribution in [0.4, 0.5) is 8.78 Å². The summed E-state index contributed by atoms with van der Waals surface area (Å²) in [6.07, 6.45) is -0.379. The van der Waals surface area contributed by atoms with Crippen LogP contribution >= 0.6 is 11.6 Å². The van der Waals surface area contributed by atoms with E-state index >= 15 is 0 Å². The van der Waals surface area contributed by atoms with E-state index in [4.69, 9.17) is 21.1 Å².